The van der Waals surface area contributed by atoms with Gasteiger partial charge in [0.25, 0.3) is 0 Å². The summed E-state index contributed by atoms with van der Waals surface area (Å²) in [4.78, 5) is 37.6. The van der Waals surface area contributed by atoms with Gasteiger partial charge in [-0.3, -0.25) is 19.5 Å². The number of aromatic amines is 1. The smallest absolute Gasteiger partial charge is 0.244 e. The van der Waals surface area contributed by atoms with Crippen molar-refractivity contribution in [1.29, 1.82) is 0 Å². The first-order chi connectivity index (χ1) is 16.3. The first-order valence-corrected chi connectivity index (χ1v) is 11.8. The minimum Gasteiger partial charge on any atom is -0.378 e. The van der Waals surface area contributed by atoms with Gasteiger partial charge in [0.05, 0.1) is 54.9 Å². The molecule has 0 spiro atoms. The highest BCUT2D eigenvalue weighted by atomic mass is 35.5. The Morgan fingerprint density at radius 3 is 2.85 bits per heavy atom. The number of hydrogen-bond donors (Lipinski definition) is 2. The predicted molar refractivity (Wildman–Crippen MR) is 130 cm³/mol. The van der Waals surface area contributed by atoms with E-state index in [4.69, 9.17) is 21.1 Å². The molecule has 2 aliphatic rings. The molecule has 34 heavy (non-hydrogen) atoms. The van der Waals surface area contributed by atoms with Gasteiger partial charge in [0.15, 0.2) is 0 Å². The summed E-state index contributed by atoms with van der Waals surface area (Å²) in [7, 11) is 0. The van der Waals surface area contributed by atoms with Gasteiger partial charge >= 0.3 is 0 Å². The van der Waals surface area contributed by atoms with E-state index < -0.39 is 11.6 Å². The second kappa shape index (κ2) is 9.14. The van der Waals surface area contributed by atoms with E-state index in [0.717, 1.165) is 21.8 Å². The standard InChI is InChI=1S/C24H28ClN5O4/c1-24(2)14-30(12-21(31)29-5-7-33-8-6-29)20(13-34-24)23(32)28-18-10-15(25)9-17-16-3-4-26-11-19(16)27-22(17)18/h3-4,9-11,20,27H,5-8,12-14H2,1-2H3,(H,28,32). The number of morpholine rings is 2. The third-order valence-corrected chi connectivity index (χ3v) is 6.61. The Bertz CT molecular complexity index is 1240. The number of anilines is 1. The minimum atomic E-state index is -0.613. The number of rotatable bonds is 4. The maximum absolute atomic E-state index is 13.5. The second-order valence-electron chi connectivity index (χ2n) is 9.40. The number of H-pyrrole nitrogens is 1. The van der Waals surface area contributed by atoms with Crippen LogP contribution in [0.1, 0.15) is 13.8 Å². The first-order valence-electron chi connectivity index (χ1n) is 11.4. The normalized spacial score (nSPS) is 21.1. The summed E-state index contributed by atoms with van der Waals surface area (Å²) in [6.07, 6.45) is 3.46. The Kier molecular flexibility index (Phi) is 6.20. The number of halogens is 1. The predicted octanol–water partition coefficient (Wildman–Crippen LogP) is 2.65. The van der Waals surface area contributed by atoms with Crippen molar-refractivity contribution in [2.24, 2.45) is 0 Å². The third kappa shape index (κ3) is 4.61. The van der Waals surface area contributed by atoms with E-state index in [2.05, 4.69) is 15.3 Å². The lowest BCUT2D eigenvalue weighted by Crippen LogP contribution is -2.60. The van der Waals surface area contributed by atoms with Crippen molar-refractivity contribution in [3.05, 3.63) is 35.6 Å². The summed E-state index contributed by atoms with van der Waals surface area (Å²) >= 11 is 6.39. The van der Waals surface area contributed by atoms with Gasteiger partial charge in [0.2, 0.25) is 11.8 Å². The molecule has 2 saturated heterocycles. The van der Waals surface area contributed by atoms with Crippen molar-refractivity contribution in [3.63, 3.8) is 0 Å². The summed E-state index contributed by atoms with van der Waals surface area (Å²) in [6.45, 7) is 6.94. The fourth-order valence-electron chi connectivity index (χ4n) is 4.68. The Morgan fingerprint density at radius 2 is 2.06 bits per heavy atom. The van der Waals surface area contributed by atoms with E-state index in [0.29, 0.717) is 43.6 Å². The van der Waals surface area contributed by atoms with Crippen LogP contribution in [0.15, 0.2) is 30.6 Å². The molecule has 4 heterocycles. The molecule has 10 heteroatoms. The van der Waals surface area contributed by atoms with Gasteiger partial charge in [-0.25, -0.2) is 0 Å². The van der Waals surface area contributed by atoms with Crippen LogP contribution in [0.3, 0.4) is 0 Å². The largest absolute Gasteiger partial charge is 0.378 e. The number of carbonyl (C=O) groups is 2. The Balaban J connectivity index is 1.40. The number of carbonyl (C=O) groups excluding carboxylic acids is 2. The molecule has 0 saturated carbocycles. The van der Waals surface area contributed by atoms with Crippen LogP contribution in [0.25, 0.3) is 21.8 Å². The zero-order chi connectivity index (χ0) is 23.9. The molecule has 3 aromatic rings. The van der Waals surface area contributed by atoms with Gasteiger partial charge in [-0.05, 0) is 32.0 Å². The van der Waals surface area contributed by atoms with Crippen LogP contribution in [0, 0.1) is 0 Å². The SMILES string of the molecule is CC1(C)CN(CC(=O)N2CCOCC2)C(C(=O)Nc2cc(Cl)cc3c2[nH]c2cnccc23)CO1. The molecular formula is C24H28ClN5O4. The van der Waals surface area contributed by atoms with Crippen LogP contribution in [-0.4, -0.2) is 89.2 Å². The minimum absolute atomic E-state index is 0.00735. The van der Waals surface area contributed by atoms with E-state index in [9.17, 15) is 9.59 Å². The fourth-order valence-corrected chi connectivity index (χ4v) is 4.90. The topological polar surface area (TPSA) is 99.8 Å². The highest BCUT2D eigenvalue weighted by molar-refractivity contribution is 6.33. The summed E-state index contributed by atoms with van der Waals surface area (Å²) in [6, 6.07) is 4.89. The molecule has 1 atom stereocenters. The van der Waals surface area contributed by atoms with E-state index in [1.807, 2.05) is 30.9 Å². The van der Waals surface area contributed by atoms with Crippen molar-refractivity contribution >= 4 is 50.9 Å². The summed E-state index contributed by atoms with van der Waals surface area (Å²) in [5.74, 6) is -0.252. The Morgan fingerprint density at radius 1 is 1.26 bits per heavy atom. The van der Waals surface area contributed by atoms with Crippen molar-refractivity contribution in [3.8, 4) is 0 Å². The highest BCUT2D eigenvalue weighted by Gasteiger charge is 2.39. The zero-order valence-corrected chi connectivity index (χ0v) is 20.0. The number of amides is 2. The lowest BCUT2D eigenvalue weighted by atomic mass is 10.0. The number of aromatic nitrogens is 2. The van der Waals surface area contributed by atoms with Gasteiger partial charge < -0.3 is 24.7 Å². The van der Waals surface area contributed by atoms with Gasteiger partial charge in [-0.1, -0.05) is 11.6 Å². The summed E-state index contributed by atoms with van der Waals surface area (Å²) in [5, 5.41) is 5.42. The van der Waals surface area contributed by atoms with Gasteiger partial charge in [-0.2, -0.15) is 0 Å². The quantitative estimate of drug-likeness (QED) is 0.589. The van der Waals surface area contributed by atoms with Crippen LogP contribution in [0.4, 0.5) is 5.69 Å². The molecular weight excluding hydrogens is 458 g/mol. The van der Waals surface area contributed by atoms with Gasteiger partial charge in [0.1, 0.15) is 6.04 Å². The van der Waals surface area contributed by atoms with Crippen molar-refractivity contribution in [1.82, 2.24) is 19.8 Å². The van der Waals surface area contributed by atoms with Crippen LogP contribution in [0.2, 0.25) is 5.02 Å². The van der Waals surface area contributed by atoms with Crippen LogP contribution in [0.5, 0.6) is 0 Å². The molecule has 1 unspecified atom stereocenters. The average Bonchev–Trinajstić information content (AvgIpc) is 3.18. The van der Waals surface area contributed by atoms with Gasteiger partial charge in [-0.15, -0.1) is 0 Å². The maximum Gasteiger partial charge on any atom is 0.244 e. The van der Waals surface area contributed by atoms with E-state index >= 15 is 0 Å². The highest BCUT2D eigenvalue weighted by Crippen LogP contribution is 2.33. The molecule has 180 valence electrons. The monoisotopic (exact) mass is 485 g/mol. The van der Waals surface area contributed by atoms with Crippen molar-refractivity contribution < 1.29 is 19.1 Å². The summed E-state index contributed by atoms with van der Waals surface area (Å²) < 4.78 is 11.3. The molecule has 0 bridgehead atoms. The molecule has 2 N–H and O–H groups in total. The van der Waals surface area contributed by atoms with Gasteiger partial charge in [0, 0.05) is 41.6 Å². The molecule has 9 nitrogen and oxygen atoms in total. The number of fused-ring (bicyclic) bond motifs is 3. The number of nitrogens with one attached hydrogen (secondary N) is 2. The lowest BCUT2D eigenvalue weighted by Gasteiger charge is -2.43. The molecule has 1 aromatic carbocycles. The zero-order valence-electron chi connectivity index (χ0n) is 19.3. The molecule has 5 rings (SSSR count). The average molecular weight is 486 g/mol. The number of ether oxygens (including phenoxy) is 2. The maximum atomic E-state index is 13.5. The molecule has 0 radical (unpaired) electrons. The Labute approximate surface area is 202 Å². The number of pyridine rings is 1. The van der Waals surface area contributed by atoms with E-state index in [-0.39, 0.29) is 25.0 Å². The van der Waals surface area contributed by atoms with Crippen LogP contribution >= 0.6 is 11.6 Å². The third-order valence-electron chi connectivity index (χ3n) is 6.39. The molecule has 2 aromatic heterocycles. The van der Waals surface area contributed by atoms with Crippen molar-refractivity contribution in [2.45, 2.75) is 25.5 Å². The lowest BCUT2D eigenvalue weighted by molar-refractivity contribution is -0.152. The van der Waals surface area contributed by atoms with Crippen molar-refractivity contribution in [2.75, 3.05) is 51.3 Å². The fraction of sp³-hybridized carbons (Fsp3) is 0.458. The number of benzene rings is 1. The molecule has 2 aliphatic heterocycles. The molecule has 2 fully saturated rings. The van der Waals surface area contributed by atoms with Crippen LogP contribution in [-0.2, 0) is 19.1 Å². The molecule has 2 amide bonds. The Hall–Kier alpha value is -2.72. The number of hydrogen-bond acceptors (Lipinski definition) is 6. The number of nitrogens with zero attached hydrogens (tertiary/aromatic N) is 3. The van der Waals surface area contributed by atoms with E-state index in [1.165, 1.54) is 0 Å². The van der Waals surface area contributed by atoms with E-state index in [1.54, 1.807) is 23.4 Å². The first kappa shape index (κ1) is 23.0. The summed E-state index contributed by atoms with van der Waals surface area (Å²) in [5.41, 5.74) is 1.74. The van der Waals surface area contributed by atoms with Crippen LogP contribution < -0.4 is 5.32 Å². The molecule has 0 aliphatic carbocycles. The second-order valence-corrected chi connectivity index (χ2v) is 9.83.